The van der Waals surface area contributed by atoms with Crippen LogP contribution in [0, 0.1) is 5.82 Å². The Balaban J connectivity index is 1.62. The molecular weight excluding hydrogens is 339 g/mol. The normalized spacial score (nSPS) is 16.2. The van der Waals surface area contributed by atoms with Gasteiger partial charge in [-0.2, -0.15) is 0 Å². The van der Waals surface area contributed by atoms with Gasteiger partial charge in [0.15, 0.2) is 0 Å². The van der Waals surface area contributed by atoms with Gasteiger partial charge in [-0.05, 0) is 41.3 Å². The Kier molecular flexibility index (Phi) is 5.94. The fraction of sp³-hybridized carbons (Fsp3) is 0.316. The van der Waals surface area contributed by atoms with Gasteiger partial charge in [0.2, 0.25) is 0 Å². The summed E-state index contributed by atoms with van der Waals surface area (Å²) in [7, 11) is 1.65. The zero-order chi connectivity index (χ0) is 17.6. The number of fused-ring (bicyclic) bond motifs is 1. The van der Waals surface area contributed by atoms with Gasteiger partial charge >= 0.3 is 6.03 Å². The van der Waals surface area contributed by atoms with E-state index in [4.69, 9.17) is 4.74 Å². The minimum atomic E-state index is -0.276. The molecule has 0 fully saturated rings. The third-order valence-electron chi connectivity index (χ3n) is 4.17. The molecule has 2 amide bonds. The predicted molar refractivity (Wildman–Crippen MR) is 97.0 cm³/mol. The SMILES string of the molecule is COCc1ccccc1CNC(=O)NC1CCSc2ccc(F)cc21. The summed E-state index contributed by atoms with van der Waals surface area (Å²) in [6, 6.07) is 12.2. The standard InChI is InChI=1S/C19H21FN2O2S/c1-24-12-14-5-3-2-4-13(14)11-21-19(23)22-17-8-9-25-18-7-6-15(20)10-16(17)18/h2-7,10,17H,8-9,11-12H2,1H3,(H2,21,22,23). The molecule has 1 aliphatic heterocycles. The van der Waals surface area contributed by atoms with E-state index in [9.17, 15) is 9.18 Å². The highest BCUT2D eigenvalue weighted by molar-refractivity contribution is 7.99. The fourth-order valence-corrected chi connectivity index (χ4v) is 4.03. The second-order valence-electron chi connectivity index (χ2n) is 5.90. The summed E-state index contributed by atoms with van der Waals surface area (Å²) in [5, 5.41) is 5.85. The molecule has 1 atom stereocenters. The van der Waals surface area contributed by atoms with Gasteiger partial charge in [0, 0.05) is 24.3 Å². The number of urea groups is 1. The molecule has 0 spiro atoms. The number of carbonyl (C=O) groups is 1. The maximum absolute atomic E-state index is 13.5. The molecule has 1 heterocycles. The summed E-state index contributed by atoms with van der Waals surface area (Å²) in [5.74, 6) is 0.627. The Morgan fingerprint density at radius 2 is 2.08 bits per heavy atom. The first-order valence-corrected chi connectivity index (χ1v) is 9.18. The summed E-state index contributed by atoms with van der Waals surface area (Å²) in [5.41, 5.74) is 2.92. The lowest BCUT2D eigenvalue weighted by atomic mass is 10.0. The van der Waals surface area contributed by atoms with Crippen LogP contribution in [0.25, 0.3) is 0 Å². The zero-order valence-corrected chi connectivity index (χ0v) is 14.9. The van der Waals surface area contributed by atoms with E-state index in [0.717, 1.165) is 33.8 Å². The number of hydrogen-bond donors (Lipinski definition) is 2. The van der Waals surface area contributed by atoms with Crippen molar-refractivity contribution in [3.63, 3.8) is 0 Å². The largest absolute Gasteiger partial charge is 0.380 e. The highest BCUT2D eigenvalue weighted by Gasteiger charge is 2.22. The van der Waals surface area contributed by atoms with Crippen molar-refractivity contribution < 1.29 is 13.9 Å². The predicted octanol–water partition coefficient (Wildman–Crippen LogP) is 4.01. The average Bonchev–Trinajstić information content (AvgIpc) is 2.62. The highest BCUT2D eigenvalue weighted by atomic mass is 32.2. The van der Waals surface area contributed by atoms with Crippen LogP contribution in [0.1, 0.15) is 29.2 Å². The number of amides is 2. The summed E-state index contributed by atoms with van der Waals surface area (Å²) in [4.78, 5) is 13.3. The van der Waals surface area contributed by atoms with E-state index >= 15 is 0 Å². The molecule has 1 unspecified atom stereocenters. The number of ether oxygens (including phenoxy) is 1. The number of halogens is 1. The van der Waals surface area contributed by atoms with Crippen LogP contribution >= 0.6 is 11.8 Å². The van der Waals surface area contributed by atoms with E-state index in [2.05, 4.69) is 10.6 Å². The van der Waals surface area contributed by atoms with Gasteiger partial charge in [-0.25, -0.2) is 9.18 Å². The van der Waals surface area contributed by atoms with Gasteiger partial charge in [0.05, 0.1) is 12.6 Å². The van der Waals surface area contributed by atoms with E-state index in [-0.39, 0.29) is 17.9 Å². The lowest BCUT2D eigenvalue weighted by Gasteiger charge is -2.26. The number of rotatable bonds is 5. The van der Waals surface area contributed by atoms with Crippen LogP contribution < -0.4 is 10.6 Å². The molecule has 6 heteroatoms. The van der Waals surface area contributed by atoms with Crippen molar-refractivity contribution in [3.8, 4) is 0 Å². The Hall–Kier alpha value is -2.05. The van der Waals surface area contributed by atoms with Crippen LogP contribution in [0.2, 0.25) is 0 Å². The van der Waals surface area contributed by atoms with E-state index in [0.29, 0.717) is 13.2 Å². The highest BCUT2D eigenvalue weighted by Crippen LogP contribution is 2.36. The number of methoxy groups -OCH3 is 1. The molecule has 0 aliphatic carbocycles. The first-order chi connectivity index (χ1) is 12.2. The minimum Gasteiger partial charge on any atom is -0.380 e. The molecular formula is C19H21FN2O2S. The van der Waals surface area contributed by atoms with Gasteiger partial charge in [0.25, 0.3) is 0 Å². The Bertz CT molecular complexity index is 754. The third kappa shape index (κ3) is 4.52. The van der Waals surface area contributed by atoms with Crippen molar-refractivity contribution in [2.45, 2.75) is 30.5 Å². The van der Waals surface area contributed by atoms with Gasteiger partial charge in [-0.3, -0.25) is 0 Å². The molecule has 4 nitrogen and oxygen atoms in total. The van der Waals surface area contributed by atoms with Crippen LogP contribution in [-0.4, -0.2) is 18.9 Å². The van der Waals surface area contributed by atoms with E-state index < -0.39 is 0 Å². The molecule has 0 radical (unpaired) electrons. The lowest BCUT2D eigenvalue weighted by molar-refractivity contribution is 0.184. The molecule has 2 N–H and O–H groups in total. The van der Waals surface area contributed by atoms with Crippen molar-refractivity contribution >= 4 is 17.8 Å². The summed E-state index contributed by atoms with van der Waals surface area (Å²) in [6.07, 6.45) is 0.787. The van der Waals surface area contributed by atoms with E-state index in [1.54, 1.807) is 24.9 Å². The van der Waals surface area contributed by atoms with Crippen LogP contribution in [0.5, 0.6) is 0 Å². The quantitative estimate of drug-likeness (QED) is 0.847. The maximum atomic E-state index is 13.5. The Morgan fingerprint density at radius 1 is 1.28 bits per heavy atom. The smallest absolute Gasteiger partial charge is 0.315 e. The molecule has 0 saturated heterocycles. The lowest BCUT2D eigenvalue weighted by Crippen LogP contribution is -2.38. The number of thioether (sulfide) groups is 1. The van der Waals surface area contributed by atoms with Crippen LogP contribution in [0.4, 0.5) is 9.18 Å². The number of hydrogen-bond acceptors (Lipinski definition) is 3. The first-order valence-electron chi connectivity index (χ1n) is 8.19. The van der Waals surface area contributed by atoms with Crippen molar-refractivity contribution in [2.24, 2.45) is 0 Å². The summed E-state index contributed by atoms with van der Waals surface area (Å²) < 4.78 is 18.7. The van der Waals surface area contributed by atoms with E-state index in [1.165, 1.54) is 12.1 Å². The number of nitrogens with one attached hydrogen (secondary N) is 2. The first kappa shape index (κ1) is 17.8. The Morgan fingerprint density at radius 3 is 2.88 bits per heavy atom. The second kappa shape index (κ2) is 8.36. The third-order valence-corrected chi connectivity index (χ3v) is 5.30. The van der Waals surface area contributed by atoms with Crippen molar-refractivity contribution in [3.05, 3.63) is 65.0 Å². The molecule has 2 aromatic rings. The molecule has 0 bridgehead atoms. The monoisotopic (exact) mass is 360 g/mol. The summed E-state index contributed by atoms with van der Waals surface area (Å²) >= 11 is 1.69. The Labute approximate surface area is 151 Å². The molecule has 0 saturated carbocycles. The molecule has 25 heavy (non-hydrogen) atoms. The van der Waals surface area contributed by atoms with Gasteiger partial charge < -0.3 is 15.4 Å². The summed E-state index contributed by atoms with van der Waals surface area (Å²) in [6.45, 7) is 0.925. The van der Waals surface area contributed by atoms with Crippen molar-refractivity contribution in [1.82, 2.24) is 10.6 Å². The maximum Gasteiger partial charge on any atom is 0.315 e. The van der Waals surface area contributed by atoms with E-state index in [1.807, 2.05) is 24.3 Å². The molecule has 2 aromatic carbocycles. The van der Waals surface area contributed by atoms with Crippen molar-refractivity contribution in [1.29, 1.82) is 0 Å². The van der Waals surface area contributed by atoms with Gasteiger partial charge in [0.1, 0.15) is 5.82 Å². The van der Waals surface area contributed by atoms with Crippen LogP contribution in [0.3, 0.4) is 0 Å². The van der Waals surface area contributed by atoms with Gasteiger partial charge in [-0.15, -0.1) is 11.8 Å². The topological polar surface area (TPSA) is 50.4 Å². The second-order valence-corrected chi connectivity index (χ2v) is 7.04. The molecule has 1 aliphatic rings. The van der Waals surface area contributed by atoms with Crippen LogP contribution in [-0.2, 0) is 17.9 Å². The number of benzene rings is 2. The average molecular weight is 360 g/mol. The molecule has 3 rings (SSSR count). The van der Waals surface area contributed by atoms with Crippen LogP contribution in [0.15, 0.2) is 47.4 Å². The molecule has 132 valence electrons. The fourth-order valence-electron chi connectivity index (χ4n) is 2.93. The minimum absolute atomic E-state index is 0.166. The zero-order valence-electron chi connectivity index (χ0n) is 14.0. The van der Waals surface area contributed by atoms with Gasteiger partial charge in [-0.1, -0.05) is 24.3 Å². The molecule has 0 aromatic heterocycles. The number of carbonyl (C=O) groups excluding carboxylic acids is 1. The van der Waals surface area contributed by atoms with Crippen molar-refractivity contribution in [2.75, 3.05) is 12.9 Å².